The molecule has 92 valence electrons. The quantitative estimate of drug-likeness (QED) is 0.640. The summed E-state index contributed by atoms with van der Waals surface area (Å²) in [5.74, 6) is 0.779. The predicted octanol–water partition coefficient (Wildman–Crippen LogP) is 5.73. The second-order valence-corrected chi connectivity index (χ2v) is 7.29. The van der Waals surface area contributed by atoms with Crippen molar-refractivity contribution in [3.8, 4) is 0 Å². The number of thiophene rings is 1. The molecule has 2 aromatic rings. The van der Waals surface area contributed by atoms with Gasteiger partial charge < -0.3 is 4.42 Å². The molecule has 2 rings (SSSR count). The van der Waals surface area contributed by atoms with Crippen LogP contribution in [0.25, 0.3) is 0 Å². The second-order valence-electron chi connectivity index (χ2n) is 4.96. The number of halogens is 2. The molecule has 0 radical (unpaired) electrons. The Morgan fingerprint density at radius 2 is 1.94 bits per heavy atom. The van der Waals surface area contributed by atoms with E-state index in [1.165, 1.54) is 4.88 Å². The molecule has 4 heteroatoms. The lowest BCUT2D eigenvalue weighted by molar-refractivity contribution is 0.495. The molecule has 0 N–H and O–H groups in total. The van der Waals surface area contributed by atoms with E-state index in [0.29, 0.717) is 4.67 Å². The summed E-state index contributed by atoms with van der Waals surface area (Å²) in [5, 5.41) is -0.206. The van der Waals surface area contributed by atoms with E-state index in [9.17, 15) is 0 Å². The predicted molar refractivity (Wildman–Crippen MR) is 77.1 cm³/mol. The Morgan fingerprint density at radius 3 is 2.41 bits per heavy atom. The average Bonchev–Trinajstić information content (AvgIpc) is 2.83. The SMILES string of the molecule is CC(C)(C)c1ccc(C(Cl)c2ccc(Br)o2)s1. The van der Waals surface area contributed by atoms with Gasteiger partial charge in [-0.3, -0.25) is 0 Å². The smallest absolute Gasteiger partial charge is 0.169 e. The molecule has 0 saturated heterocycles. The van der Waals surface area contributed by atoms with Crippen molar-refractivity contribution in [1.29, 1.82) is 0 Å². The summed E-state index contributed by atoms with van der Waals surface area (Å²) in [4.78, 5) is 2.46. The van der Waals surface area contributed by atoms with Crippen molar-refractivity contribution in [2.75, 3.05) is 0 Å². The van der Waals surface area contributed by atoms with Crippen LogP contribution < -0.4 is 0 Å². The summed E-state index contributed by atoms with van der Waals surface area (Å²) in [6.07, 6.45) is 0. The van der Waals surface area contributed by atoms with Crippen LogP contribution in [0.3, 0.4) is 0 Å². The van der Waals surface area contributed by atoms with E-state index in [-0.39, 0.29) is 10.8 Å². The Balaban J connectivity index is 2.26. The Bertz CT molecular complexity index is 509. The molecule has 2 heterocycles. The van der Waals surface area contributed by atoms with Gasteiger partial charge in [0.05, 0.1) is 0 Å². The molecule has 0 saturated carbocycles. The third-order valence-corrected chi connectivity index (χ3v) is 5.04. The standard InChI is InChI=1S/C13H14BrClOS/c1-13(2,3)10-6-5-9(17-10)12(15)8-4-7-11(14)16-8/h4-7,12H,1-3H3. The number of furan rings is 1. The van der Waals surface area contributed by atoms with Gasteiger partial charge in [-0.05, 0) is 45.6 Å². The summed E-state index contributed by atoms with van der Waals surface area (Å²) >= 11 is 11.4. The lowest BCUT2D eigenvalue weighted by atomic mass is 9.95. The molecule has 2 aromatic heterocycles. The third-order valence-electron chi connectivity index (χ3n) is 2.46. The molecule has 0 bridgehead atoms. The molecular formula is C13H14BrClOS. The van der Waals surface area contributed by atoms with Crippen LogP contribution in [-0.2, 0) is 5.41 Å². The zero-order valence-electron chi connectivity index (χ0n) is 9.96. The number of alkyl halides is 1. The summed E-state index contributed by atoms with van der Waals surface area (Å²) in [7, 11) is 0. The van der Waals surface area contributed by atoms with E-state index >= 15 is 0 Å². The molecular weight excluding hydrogens is 320 g/mol. The molecule has 1 nitrogen and oxygen atoms in total. The summed E-state index contributed by atoms with van der Waals surface area (Å²) in [5.41, 5.74) is 0.170. The van der Waals surface area contributed by atoms with E-state index in [0.717, 1.165) is 10.6 Å². The van der Waals surface area contributed by atoms with Crippen LogP contribution in [0.5, 0.6) is 0 Å². The highest BCUT2D eigenvalue weighted by molar-refractivity contribution is 9.10. The first-order valence-corrected chi connectivity index (χ1v) is 7.42. The first-order chi connectivity index (χ1) is 7.88. The van der Waals surface area contributed by atoms with Crippen LogP contribution in [0.15, 0.2) is 33.4 Å². The number of rotatable bonds is 2. The summed E-state index contributed by atoms with van der Waals surface area (Å²) in [6.45, 7) is 6.61. The van der Waals surface area contributed by atoms with Gasteiger partial charge in [-0.2, -0.15) is 0 Å². The molecule has 0 spiro atoms. The molecule has 0 aliphatic rings. The molecule has 1 unspecified atom stereocenters. The molecule has 0 aliphatic heterocycles. The Hall–Kier alpha value is -0.250. The molecule has 0 aliphatic carbocycles. The first-order valence-electron chi connectivity index (χ1n) is 5.37. The lowest BCUT2D eigenvalue weighted by Gasteiger charge is -2.15. The minimum Gasteiger partial charge on any atom is -0.452 e. The largest absolute Gasteiger partial charge is 0.452 e. The van der Waals surface area contributed by atoms with Crippen molar-refractivity contribution in [2.45, 2.75) is 31.6 Å². The van der Waals surface area contributed by atoms with Crippen LogP contribution >= 0.6 is 38.9 Å². The maximum absolute atomic E-state index is 6.40. The van der Waals surface area contributed by atoms with Gasteiger partial charge in [-0.25, -0.2) is 0 Å². The van der Waals surface area contributed by atoms with Gasteiger partial charge >= 0.3 is 0 Å². The number of hydrogen-bond donors (Lipinski definition) is 0. The van der Waals surface area contributed by atoms with E-state index < -0.39 is 0 Å². The van der Waals surface area contributed by atoms with E-state index in [1.807, 2.05) is 12.1 Å². The van der Waals surface area contributed by atoms with E-state index in [2.05, 4.69) is 48.8 Å². The van der Waals surface area contributed by atoms with Crippen LogP contribution in [0.2, 0.25) is 0 Å². The minimum atomic E-state index is -0.206. The fraction of sp³-hybridized carbons (Fsp3) is 0.385. The van der Waals surface area contributed by atoms with Crippen LogP contribution in [0, 0.1) is 0 Å². The van der Waals surface area contributed by atoms with E-state index in [1.54, 1.807) is 11.3 Å². The van der Waals surface area contributed by atoms with Crippen molar-refractivity contribution in [3.05, 3.63) is 44.4 Å². The highest BCUT2D eigenvalue weighted by Gasteiger charge is 2.21. The first kappa shape index (κ1) is 13.2. The molecule has 17 heavy (non-hydrogen) atoms. The molecule has 1 atom stereocenters. The molecule has 0 amide bonds. The van der Waals surface area contributed by atoms with Gasteiger partial charge in [0.15, 0.2) is 4.67 Å². The molecule has 0 fully saturated rings. The lowest BCUT2D eigenvalue weighted by Crippen LogP contribution is -2.07. The van der Waals surface area contributed by atoms with E-state index in [4.69, 9.17) is 16.0 Å². The Morgan fingerprint density at radius 1 is 1.24 bits per heavy atom. The van der Waals surface area contributed by atoms with Crippen molar-refractivity contribution < 1.29 is 4.42 Å². The maximum atomic E-state index is 6.40. The zero-order valence-corrected chi connectivity index (χ0v) is 13.1. The fourth-order valence-corrected chi connectivity index (χ4v) is 3.19. The van der Waals surface area contributed by atoms with Gasteiger partial charge in [0.25, 0.3) is 0 Å². The van der Waals surface area contributed by atoms with Crippen LogP contribution in [0.4, 0.5) is 0 Å². The highest BCUT2D eigenvalue weighted by atomic mass is 79.9. The monoisotopic (exact) mass is 332 g/mol. The molecule has 0 aromatic carbocycles. The third kappa shape index (κ3) is 2.95. The fourth-order valence-electron chi connectivity index (χ4n) is 1.50. The van der Waals surface area contributed by atoms with Gasteiger partial charge in [-0.1, -0.05) is 20.8 Å². The topological polar surface area (TPSA) is 13.1 Å². The Labute approximate surface area is 119 Å². The van der Waals surface area contributed by atoms with Crippen molar-refractivity contribution in [3.63, 3.8) is 0 Å². The highest BCUT2D eigenvalue weighted by Crippen LogP contribution is 2.38. The Kier molecular flexibility index (Phi) is 3.71. The zero-order chi connectivity index (χ0) is 12.6. The second kappa shape index (κ2) is 4.79. The summed E-state index contributed by atoms with van der Waals surface area (Å²) in [6, 6.07) is 7.99. The number of hydrogen-bond acceptors (Lipinski definition) is 2. The van der Waals surface area contributed by atoms with Gasteiger partial charge in [-0.15, -0.1) is 22.9 Å². The van der Waals surface area contributed by atoms with Gasteiger partial charge in [0, 0.05) is 9.75 Å². The van der Waals surface area contributed by atoms with Gasteiger partial charge in [0.2, 0.25) is 0 Å². The van der Waals surface area contributed by atoms with Crippen molar-refractivity contribution >= 4 is 38.9 Å². The normalized spacial score (nSPS) is 13.9. The van der Waals surface area contributed by atoms with Crippen LogP contribution in [-0.4, -0.2) is 0 Å². The average molecular weight is 334 g/mol. The maximum Gasteiger partial charge on any atom is 0.169 e. The van der Waals surface area contributed by atoms with Crippen LogP contribution in [0.1, 0.15) is 41.7 Å². The van der Waals surface area contributed by atoms with Crippen molar-refractivity contribution in [1.82, 2.24) is 0 Å². The summed E-state index contributed by atoms with van der Waals surface area (Å²) < 4.78 is 6.20. The minimum absolute atomic E-state index is 0.170. The van der Waals surface area contributed by atoms with Gasteiger partial charge in [0.1, 0.15) is 11.1 Å². The van der Waals surface area contributed by atoms with Crippen molar-refractivity contribution in [2.24, 2.45) is 0 Å².